The van der Waals surface area contributed by atoms with Gasteiger partial charge in [-0.2, -0.15) is 0 Å². The molecule has 16 heavy (non-hydrogen) atoms. The zero-order valence-electron chi connectivity index (χ0n) is 9.28. The van der Waals surface area contributed by atoms with Crippen LogP contribution in [0.5, 0.6) is 0 Å². The van der Waals surface area contributed by atoms with Crippen molar-refractivity contribution >= 4 is 17.6 Å². The van der Waals surface area contributed by atoms with Crippen LogP contribution in [-0.4, -0.2) is 30.0 Å². The van der Waals surface area contributed by atoms with Crippen molar-refractivity contribution in [3.8, 4) is 0 Å². The monoisotopic (exact) mass is 245 g/mol. The van der Waals surface area contributed by atoms with Crippen LogP contribution in [0.1, 0.15) is 31.0 Å². The first kappa shape index (κ1) is 11.7. The van der Waals surface area contributed by atoms with Gasteiger partial charge in [-0.05, 0) is 25.7 Å². The van der Waals surface area contributed by atoms with Gasteiger partial charge in [-0.3, -0.25) is 0 Å². The van der Waals surface area contributed by atoms with Gasteiger partial charge in [0.2, 0.25) is 5.89 Å². The fourth-order valence-corrected chi connectivity index (χ4v) is 1.75. The Bertz CT molecular complexity index is 324. The Morgan fingerprint density at radius 2 is 2.44 bits per heavy atom. The molecule has 1 fully saturated rings. The molecule has 0 saturated carbocycles. The summed E-state index contributed by atoms with van der Waals surface area (Å²) in [4.78, 5) is 0. The zero-order valence-corrected chi connectivity index (χ0v) is 10.0. The molecule has 0 bridgehead atoms. The van der Waals surface area contributed by atoms with Crippen LogP contribution < -0.4 is 5.32 Å². The normalized spacial score (nSPS) is 23.0. The van der Waals surface area contributed by atoms with Gasteiger partial charge in [-0.25, -0.2) is 0 Å². The number of hydrogen-bond acceptors (Lipinski definition) is 5. The molecule has 90 valence electrons. The fourth-order valence-electron chi connectivity index (χ4n) is 1.67. The third-order valence-electron chi connectivity index (χ3n) is 2.58. The summed E-state index contributed by atoms with van der Waals surface area (Å²) in [6.07, 6.45) is 2.31. The molecule has 0 radical (unpaired) electrons. The van der Waals surface area contributed by atoms with Gasteiger partial charge < -0.3 is 14.5 Å². The Balaban J connectivity index is 1.79. The van der Waals surface area contributed by atoms with E-state index in [1.165, 1.54) is 6.42 Å². The van der Waals surface area contributed by atoms with Gasteiger partial charge in [-0.1, -0.05) is 5.10 Å². The van der Waals surface area contributed by atoms with Gasteiger partial charge in [-0.15, -0.1) is 16.7 Å². The van der Waals surface area contributed by atoms with E-state index in [1.807, 2.05) is 0 Å². The molecule has 2 unspecified atom stereocenters. The van der Waals surface area contributed by atoms with E-state index in [2.05, 4.69) is 15.5 Å². The first-order valence-electron chi connectivity index (χ1n) is 5.55. The number of nitrogens with zero attached hydrogens (tertiary/aromatic N) is 2. The van der Waals surface area contributed by atoms with Crippen LogP contribution in [0.4, 0.5) is 6.01 Å². The average molecular weight is 246 g/mol. The molecule has 1 aliphatic heterocycles. The molecule has 5 nitrogen and oxygen atoms in total. The van der Waals surface area contributed by atoms with Gasteiger partial charge in [0.15, 0.2) is 0 Å². The fraction of sp³-hybridized carbons (Fsp3) is 0.800. The maximum Gasteiger partial charge on any atom is 0.315 e. The molecule has 1 aromatic heterocycles. The van der Waals surface area contributed by atoms with Gasteiger partial charge in [0.1, 0.15) is 5.38 Å². The van der Waals surface area contributed by atoms with Gasteiger partial charge in [0.05, 0.1) is 6.61 Å². The van der Waals surface area contributed by atoms with Crippen molar-refractivity contribution in [1.29, 1.82) is 0 Å². The largest absolute Gasteiger partial charge is 0.407 e. The van der Waals surface area contributed by atoms with E-state index < -0.39 is 0 Å². The van der Waals surface area contributed by atoms with Crippen LogP contribution in [0, 0.1) is 5.92 Å². The van der Waals surface area contributed by atoms with Crippen molar-refractivity contribution in [2.75, 3.05) is 25.1 Å². The highest BCUT2D eigenvalue weighted by molar-refractivity contribution is 6.20. The quantitative estimate of drug-likeness (QED) is 0.825. The minimum atomic E-state index is -0.249. The average Bonchev–Trinajstić information content (AvgIpc) is 2.76. The number of halogens is 1. The second-order valence-electron chi connectivity index (χ2n) is 4.03. The standard InChI is InChI=1S/C10H16ClN3O2/c1-7(11)9-13-14-10(16-9)12-5-8-3-2-4-15-6-8/h7-8H,2-6H2,1H3,(H,12,14). The Kier molecular flexibility index (Phi) is 4.01. The molecule has 0 aromatic carbocycles. The van der Waals surface area contributed by atoms with E-state index in [4.69, 9.17) is 20.8 Å². The van der Waals surface area contributed by atoms with Crippen molar-refractivity contribution in [3.05, 3.63) is 5.89 Å². The van der Waals surface area contributed by atoms with Crippen molar-refractivity contribution in [2.45, 2.75) is 25.1 Å². The number of nitrogens with one attached hydrogen (secondary N) is 1. The number of alkyl halides is 1. The lowest BCUT2D eigenvalue weighted by Gasteiger charge is -2.21. The van der Waals surface area contributed by atoms with E-state index in [0.717, 1.165) is 26.2 Å². The SMILES string of the molecule is CC(Cl)c1nnc(NCC2CCCOC2)o1. The maximum atomic E-state index is 5.82. The van der Waals surface area contributed by atoms with Crippen LogP contribution >= 0.6 is 11.6 Å². The summed E-state index contributed by atoms with van der Waals surface area (Å²) in [6.45, 7) is 4.29. The van der Waals surface area contributed by atoms with Crippen LogP contribution in [0.2, 0.25) is 0 Å². The third kappa shape index (κ3) is 3.09. The Labute approximate surface area is 99.5 Å². The molecule has 1 aromatic rings. The van der Waals surface area contributed by atoms with Crippen LogP contribution in [0.3, 0.4) is 0 Å². The summed E-state index contributed by atoms with van der Waals surface area (Å²) >= 11 is 5.82. The van der Waals surface area contributed by atoms with Crippen LogP contribution in [0.25, 0.3) is 0 Å². The molecule has 0 spiro atoms. The van der Waals surface area contributed by atoms with E-state index in [9.17, 15) is 0 Å². The Hall–Kier alpha value is -0.810. The summed E-state index contributed by atoms with van der Waals surface area (Å²) < 4.78 is 10.7. The zero-order chi connectivity index (χ0) is 11.4. The maximum absolute atomic E-state index is 5.82. The molecule has 1 N–H and O–H groups in total. The molecule has 0 amide bonds. The molecule has 1 aliphatic rings. The lowest BCUT2D eigenvalue weighted by molar-refractivity contribution is 0.0593. The van der Waals surface area contributed by atoms with Gasteiger partial charge in [0, 0.05) is 13.2 Å². The smallest absolute Gasteiger partial charge is 0.315 e. The van der Waals surface area contributed by atoms with Crippen molar-refractivity contribution in [2.24, 2.45) is 5.92 Å². The minimum absolute atomic E-state index is 0.249. The highest BCUT2D eigenvalue weighted by Gasteiger charge is 2.15. The Morgan fingerprint density at radius 1 is 1.56 bits per heavy atom. The number of rotatable bonds is 4. The predicted octanol–water partition coefficient (Wildman–Crippen LogP) is 2.21. The molecular formula is C10H16ClN3O2. The highest BCUT2D eigenvalue weighted by Crippen LogP contribution is 2.20. The number of aromatic nitrogens is 2. The van der Waals surface area contributed by atoms with Gasteiger partial charge >= 0.3 is 6.01 Å². The summed E-state index contributed by atoms with van der Waals surface area (Å²) in [5.41, 5.74) is 0. The van der Waals surface area contributed by atoms with Gasteiger partial charge in [0.25, 0.3) is 0 Å². The number of anilines is 1. The predicted molar refractivity (Wildman–Crippen MR) is 60.6 cm³/mol. The topological polar surface area (TPSA) is 60.2 Å². The number of ether oxygens (including phenoxy) is 1. The van der Waals surface area contributed by atoms with E-state index in [0.29, 0.717) is 17.8 Å². The first-order chi connectivity index (χ1) is 7.75. The van der Waals surface area contributed by atoms with Crippen molar-refractivity contribution in [3.63, 3.8) is 0 Å². The van der Waals surface area contributed by atoms with E-state index in [1.54, 1.807) is 6.92 Å². The third-order valence-corrected chi connectivity index (χ3v) is 2.76. The second kappa shape index (κ2) is 5.50. The van der Waals surface area contributed by atoms with Crippen molar-refractivity contribution in [1.82, 2.24) is 10.2 Å². The van der Waals surface area contributed by atoms with Crippen LogP contribution in [0.15, 0.2) is 4.42 Å². The van der Waals surface area contributed by atoms with Crippen LogP contribution in [-0.2, 0) is 4.74 Å². The first-order valence-corrected chi connectivity index (χ1v) is 5.98. The molecule has 1 saturated heterocycles. The summed E-state index contributed by atoms with van der Waals surface area (Å²) in [7, 11) is 0. The minimum Gasteiger partial charge on any atom is -0.407 e. The highest BCUT2D eigenvalue weighted by atomic mass is 35.5. The summed E-state index contributed by atoms with van der Waals surface area (Å²) in [5.74, 6) is 0.974. The lowest BCUT2D eigenvalue weighted by atomic mass is 10.0. The van der Waals surface area contributed by atoms with E-state index >= 15 is 0 Å². The molecular weight excluding hydrogens is 230 g/mol. The summed E-state index contributed by atoms with van der Waals surface area (Å²) in [6, 6.07) is 0.438. The second-order valence-corrected chi connectivity index (χ2v) is 4.68. The van der Waals surface area contributed by atoms with Crippen molar-refractivity contribution < 1.29 is 9.15 Å². The molecule has 2 heterocycles. The lowest BCUT2D eigenvalue weighted by Crippen LogP contribution is -2.24. The Morgan fingerprint density at radius 3 is 3.06 bits per heavy atom. The number of hydrogen-bond donors (Lipinski definition) is 1. The molecule has 6 heteroatoms. The molecule has 0 aliphatic carbocycles. The molecule has 2 rings (SSSR count). The van der Waals surface area contributed by atoms with E-state index in [-0.39, 0.29) is 5.38 Å². The molecule has 2 atom stereocenters. The summed E-state index contributed by atoms with van der Waals surface area (Å²) in [5, 5.41) is 10.6.